The number of nitrogens with one attached hydrogen (secondary N) is 1. The van der Waals surface area contributed by atoms with Gasteiger partial charge in [0.25, 0.3) is 0 Å². The van der Waals surface area contributed by atoms with Crippen molar-refractivity contribution in [2.75, 3.05) is 20.1 Å². The minimum absolute atomic E-state index is 0.00810. The first-order valence-electron chi connectivity index (χ1n) is 4.37. The molecule has 5 heteroatoms. The highest BCUT2D eigenvalue weighted by Crippen LogP contribution is 2.08. The Morgan fingerprint density at radius 3 is 3.00 bits per heavy atom. The summed E-state index contributed by atoms with van der Waals surface area (Å²) in [6.07, 6.45) is 1.22. The van der Waals surface area contributed by atoms with Crippen molar-refractivity contribution in [1.82, 2.24) is 10.2 Å². The Kier molecular flexibility index (Phi) is 3.25. The van der Waals surface area contributed by atoms with Gasteiger partial charge in [-0.15, -0.1) is 0 Å². The number of hydrogen-bond acceptors (Lipinski definition) is 3. The second-order valence-corrected chi connectivity index (χ2v) is 3.28. The number of piperidine rings is 1. The lowest BCUT2D eigenvalue weighted by molar-refractivity contribution is -0.133. The molecule has 0 saturated carbocycles. The molecule has 0 bridgehead atoms. The molecular weight excluding hydrogens is 170 g/mol. The molecule has 2 amide bonds. The van der Waals surface area contributed by atoms with Gasteiger partial charge in [-0.25, -0.2) is 0 Å². The minimum atomic E-state index is -0.159. The molecule has 0 radical (unpaired) electrons. The molecule has 0 aromatic carbocycles. The van der Waals surface area contributed by atoms with Crippen LogP contribution in [0.2, 0.25) is 0 Å². The molecule has 0 spiro atoms. The normalized spacial score (nSPS) is 23.1. The first kappa shape index (κ1) is 9.98. The molecule has 1 atom stereocenters. The summed E-state index contributed by atoms with van der Waals surface area (Å²) in [5.41, 5.74) is 5.16. The van der Waals surface area contributed by atoms with Crippen LogP contribution in [0, 0.1) is 0 Å². The van der Waals surface area contributed by atoms with Crippen molar-refractivity contribution < 1.29 is 9.59 Å². The number of amides is 2. The van der Waals surface area contributed by atoms with Crippen molar-refractivity contribution in [3.63, 3.8) is 0 Å². The zero-order valence-corrected chi connectivity index (χ0v) is 7.75. The quantitative estimate of drug-likeness (QED) is 0.560. The Labute approximate surface area is 77.3 Å². The second-order valence-electron chi connectivity index (χ2n) is 3.28. The molecule has 1 aliphatic heterocycles. The summed E-state index contributed by atoms with van der Waals surface area (Å²) in [5.74, 6) is -0.0222. The van der Waals surface area contributed by atoms with Crippen molar-refractivity contribution in [2.45, 2.75) is 18.9 Å². The fourth-order valence-corrected chi connectivity index (χ4v) is 1.42. The lowest BCUT2D eigenvalue weighted by atomic mass is 10.1. The van der Waals surface area contributed by atoms with Crippen molar-refractivity contribution in [1.29, 1.82) is 0 Å². The van der Waals surface area contributed by atoms with Crippen LogP contribution in [-0.4, -0.2) is 42.9 Å². The van der Waals surface area contributed by atoms with E-state index in [-0.39, 0.29) is 24.4 Å². The number of hydrogen-bond donors (Lipinski definition) is 2. The smallest absolute Gasteiger partial charge is 0.234 e. The zero-order valence-electron chi connectivity index (χ0n) is 7.75. The maximum Gasteiger partial charge on any atom is 0.234 e. The predicted octanol–water partition coefficient (Wildman–Crippen LogP) is -1.32. The van der Waals surface area contributed by atoms with E-state index in [2.05, 4.69) is 5.32 Å². The third kappa shape index (κ3) is 2.69. The molecule has 74 valence electrons. The van der Waals surface area contributed by atoms with E-state index in [9.17, 15) is 9.59 Å². The maximum atomic E-state index is 11.1. The van der Waals surface area contributed by atoms with E-state index in [4.69, 9.17) is 5.73 Å². The van der Waals surface area contributed by atoms with Crippen molar-refractivity contribution in [3.05, 3.63) is 0 Å². The number of likely N-dealkylation sites (tertiary alicyclic amines) is 1. The highest BCUT2D eigenvalue weighted by molar-refractivity contribution is 5.79. The second kappa shape index (κ2) is 4.23. The van der Waals surface area contributed by atoms with Gasteiger partial charge in [-0.05, 0) is 6.42 Å². The van der Waals surface area contributed by atoms with Gasteiger partial charge < -0.3 is 16.0 Å². The first-order chi connectivity index (χ1) is 6.13. The Bertz CT molecular complexity index is 217. The fraction of sp³-hybridized carbons (Fsp3) is 0.750. The lowest BCUT2D eigenvalue weighted by Gasteiger charge is -2.29. The lowest BCUT2D eigenvalue weighted by Crippen LogP contribution is -2.49. The Balaban J connectivity index is 2.37. The molecule has 13 heavy (non-hydrogen) atoms. The van der Waals surface area contributed by atoms with Crippen molar-refractivity contribution >= 4 is 11.8 Å². The van der Waals surface area contributed by atoms with Gasteiger partial charge in [-0.3, -0.25) is 9.59 Å². The number of likely N-dealkylation sites (N-methyl/N-ethyl adjacent to an activating group) is 1. The third-order valence-electron chi connectivity index (χ3n) is 2.18. The molecule has 0 aliphatic carbocycles. The highest BCUT2D eigenvalue weighted by atomic mass is 16.2. The van der Waals surface area contributed by atoms with Crippen molar-refractivity contribution in [3.8, 4) is 0 Å². The molecule has 1 heterocycles. The van der Waals surface area contributed by atoms with Crippen molar-refractivity contribution in [2.24, 2.45) is 5.73 Å². The third-order valence-corrected chi connectivity index (χ3v) is 2.18. The van der Waals surface area contributed by atoms with Crippen LogP contribution in [0.4, 0.5) is 0 Å². The van der Waals surface area contributed by atoms with E-state index < -0.39 is 0 Å². The minimum Gasteiger partial charge on any atom is -0.350 e. The summed E-state index contributed by atoms with van der Waals surface area (Å²) >= 11 is 0. The molecule has 1 unspecified atom stereocenters. The van der Waals surface area contributed by atoms with E-state index in [1.807, 2.05) is 0 Å². The topological polar surface area (TPSA) is 75.4 Å². The average molecular weight is 185 g/mol. The standard InChI is InChI=1S/C8H15N3O2/c1-11-5-6(2-3-8(11)13)10-7(12)4-9/h6H,2-5,9H2,1H3,(H,10,12). The number of carbonyl (C=O) groups excluding carboxylic acids is 2. The van der Waals surface area contributed by atoms with E-state index in [0.29, 0.717) is 13.0 Å². The van der Waals surface area contributed by atoms with Crippen LogP contribution in [0.1, 0.15) is 12.8 Å². The predicted molar refractivity (Wildman–Crippen MR) is 47.9 cm³/mol. The average Bonchev–Trinajstić information content (AvgIpc) is 2.11. The SMILES string of the molecule is CN1CC(NC(=O)CN)CCC1=O. The van der Waals surface area contributed by atoms with Gasteiger partial charge in [0.2, 0.25) is 11.8 Å². The van der Waals surface area contributed by atoms with Crippen LogP contribution in [0.25, 0.3) is 0 Å². The largest absolute Gasteiger partial charge is 0.350 e. The molecule has 1 rings (SSSR count). The van der Waals surface area contributed by atoms with Crippen LogP contribution in [0.3, 0.4) is 0 Å². The van der Waals surface area contributed by atoms with Crippen LogP contribution in [0.5, 0.6) is 0 Å². The van der Waals surface area contributed by atoms with E-state index >= 15 is 0 Å². The summed E-state index contributed by atoms with van der Waals surface area (Å²) in [4.78, 5) is 23.6. The van der Waals surface area contributed by atoms with Crippen LogP contribution < -0.4 is 11.1 Å². The molecule has 0 aromatic heterocycles. The molecular formula is C8H15N3O2. The van der Waals surface area contributed by atoms with Gasteiger partial charge in [-0.2, -0.15) is 0 Å². The van der Waals surface area contributed by atoms with Gasteiger partial charge in [0.1, 0.15) is 0 Å². The summed E-state index contributed by atoms with van der Waals surface area (Å²) in [6.45, 7) is 0.596. The van der Waals surface area contributed by atoms with Gasteiger partial charge in [0.05, 0.1) is 6.54 Å². The number of nitrogens with zero attached hydrogens (tertiary/aromatic N) is 1. The molecule has 1 aliphatic rings. The van der Waals surface area contributed by atoms with Gasteiger partial charge in [-0.1, -0.05) is 0 Å². The first-order valence-corrected chi connectivity index (χ1v) is 4.37. The summed E-state index contributed by atoms with van der Waals surface area (Å²) < 4.78 is 0. The molecule has 5 nitrogen and oxygen atoms in total. The van der Waals surface area contributed by atoms with Gasteiger partial charge >= 0.3 is 0 Å². The molecule has 1 saturated heterocycles. The van der Waals surface area contributed by atoms with Crippen LogP contribution in [0.15, 0.2) is 0 Å². The molecule has 1 fully saturated rings. The number of rotatable bonds is 2. The number of carbonyl (C=O) groups is 2. The van der Waals surface area contributed by atoms with Gasteiger partial charge in [0, 0.05) is 26.1 Å². The van der Waals surface area contributed by atoms with E-state index in [0.717, 1.165) is 6.42 Å². The Morgan fingerprint density at radius 1 is 1.77 bits per heavy atom. The van der Waals surface area contributed by atoms with Gasteiger partial charge in [0.15, 0.2) is 0 Å². The Morgan fingerprint density at radius 2 is 2.46 bits per heavy atom. The summed E-state index contributed by atoms with van der Waals surface area (Å²) in [6, 6.07) is 0.0683. The Hall–Kier alpha value is -1.10. The molecule has 0 aromatic rings. The zero-order chi connectivity index (χ0) is 9.84. The fourth-order valence-electron chi connectivity index (χ4n) is 1.42. The molecule has 3 N–H and O–H groups in total. The maximum absolute atomic E-state index is 11.1. The summed E-state index contributed by atoms with van der Waals surface area (Å²) in [7, 11) is 1.74. The van der Waals surface area contributed by atoms with E-state index in [1.54, 1.807) is 11.9 Å². The van der Waals surface area contributed by atoms with E-state index in [1.165, 1.54) is 0 Å². The van der Waals surface area contributed by atoms with Crippen LogP contribution >= 0.6 is 0 Å². The number of nitrogens with two attached hydrogens (primary N) is 1. The van der Waals surface area contributed by atoms with Crippen LogP contribution in [-0.2, 0) is 9.59 Å². The highest BCUT2D eigenvalue weighted by Gasteiger charge is 2.23. The summed E-state index contributed by atoms with van der Waals surface area (Å²) in [5, 5.41) is 2.76. The monoisotopic (exact) mass is 185 g/mol.